The average molecular weight is 154 g/mol. The molecule has 2 nitrogen and oxygen atoms in total. The van der Waals surface area contributed by atoms with Crippen molar-refractivity contribution in [2.24, 2.45) is 0 Å². The van der Waals surface area contributed by atoms with Gasteiger partial charge in [-0.1, -0.05) is 18.4 Å². The van der Waals surface area contributed by atoms with Gasteiger partial charge in [-0.2, -0.15) is 10.5 Å². The third-order valence-electron chi connectivity index (χ3n) is 1.73. The first-order valence-electron chi connectivity index (χ1n) is 3.75. The lowest BCUT2D eigenvalue weighted by Gasteiger charge is -1.96. The smallest absolute Gasteiger partial charge is 0.154 e. The Morgan fingerprint density at radius 2 is 1.83 bits per heavy atom. The molecular formula is C9H7BN2. The summed E-state index contributed by atoms with van der Waals surface area (Å²) in [6.07, 6.45) is 0. The van der Waals surface area contributed by atoms with Gasteiger partial charge in [-0.25, -0.2) is 0 Å². The number of nitrogens with zero attached hydrogens (tertiary/aromatic N) is 2. The van der Waals surface area contributed by atoms with Gasteiger partial charge in [0.05, 0.1) is 11.1 Å². The minimum absolute atomic E-state index is 0.453. The van der Waals surface area contributed by atoms with Crippen LogP contribution in [-0.2, 0) is 0 Å². The lowest BCUT2D eigenvalue weighted by molar-refractivity contribution is 1.44. The van der Waals surface area contributed by atoms with E-state index in [4.69, 9.17) is 10.5 Å². The molecule has 56 valence electrons. The van der Waals surface area contributed by atoms with Gasteiger partial charge in [0, 0.05) is 0 Å². The molecule has 0 aliphatic rings. The first-order valence-corrected chi connectivity index (χ1v) is 3.75. The van der Waals surface area contributed by atoms with E-state index in [0.717, 1.165) is 12.7 Å². The molecule has 0 N–H and O–H groups in total. The summed E-state index contributed by atoms with van der Waals surface area (Å²) in [5.41, 5.74) is 2.01. The first-order chi connectivity index (χ1) is 5.81. The Balaban J connectivity index is 3.25. The Morgan fingerprint density at radius 1 is 1.17 bits per heavy atom. The fraction of sp³-hybridized carbons (Fsp3) is 0.111. The normalized spacial score (nSPS) is 8.25. The van der Waals surface area contributed by atoms with E-state index in [9.17, 15) is 0 Å². The van der Waals surface area contributed by atoms with Crippen LogP contribution in [0.5, 0.6) is 0 Å². The molecule has 0 unspecified atom stereocenters. The van der Waals surface area contributed by atoms with Crippen molar-refractivity contribution >= 4 is 12.7 Å². The van der Waals surface area contributed by atoms with E-state index in [2.05, 4.69) is 0 Å². The van der Waals surface area contributed by atoms with Gasteiger partial charge in [0.2, 0.25) is 0 Å². The predicted octanol–water partition coefficient (Wildman–Crippen LogP) is 0.540. The second-order valence-electron chi connectivity index (χ2n) is 2.46. The van der Waals surface area contributed by atoms with Crippen molar-refractivity contribution < 1.29 is 0 Å². The van der Waals surface area contributed by atoms with E-state index in [-0.39, 0.29) is 0 Å². The van der Waals surface area contributed by atoms with Crippen molar-refractivity contribution in [1.29, 1.82) is 10.5 Å². The summed E-state index contributed by atoms with van der Waals surface area (Å²) in [5.74, 6) is 0. The van der Waals surface area contributed by atoms with E-state index in [1.54, 1.807) is 12.1 Å². The number of rotatable bonds is 1. The molecule has 1 aromatic carbocycles. The SMILES string of the molecule is CBc1ccc(C#N)c(C#N)c1. The van der Waals surface area contributed by atoms with E-state index in [1.807, 2.05) is 25.0 Å². The van der Waals surface area contributed by atoms with Crippen LogP contribution < -0.4 is 5.46 Å². The number of hydrogen-bond acceptors (Lipinski definition) is 2. The molecule has 3 heteroatoms. The van der Waals surface area contributed by atoms with E-state index >= 15 is 0 Å². The zero-order chi connectivity index (χ0) is 8.97. The minimum Gasteiger partial charge on any atom is -0.192 e. The van der Waals surface area contributed by atoms with Crippen molar-refractivity contribution in [3.63, 3.8) is 0 Å². The van der Waals surface area contributed by atoms with Crippen molar-refractivity contribution in [2.45, 2.75) is 6.82 Å². The largest absolute Gasteiger partial charge is 0.192 e. The molecule has 0 saturated heterocycles. The molecule has 0 aromatic heterocycles. The molecule has 0 radical (unpaired) electrons. The molecule has 0 aliphatic carbocycles. The molecule has 12 heavy (non-hydrogen) atoms. The molecule has 0 heterocycles. The summed E-state index contributed by atoms with van der Waals surface area (Å²) in [6, 6.07) is 9.30. The van der Waals surface area contributed by atoms with Crippen LogP contribution in [0.25, 0.3) is 0 Å². The maximum atomic E-state index is 8.67. The van der Waals surface area contributed by atoms with Crippen LogP contribution in [0.3, 0.4) is 0 Å². The van der Waals surface area contributed by atoms with Crippen LogP contribution in [0, 0.1) is 22.7 Å². The number of nitriles is 2. The molecular weight excluding hydrogens is 147 g/mol. The van der Waals surface area contributed by atoms with Crippen LogP contribution in [0.4, 0.5) is 0 Å². The summed E-state index contributed by atoms with van der Waals surface area (Å²) in [4.78, 5) is 0. The van der Waals surface area contributed by atoms with Gasteiger partial charge in [-0.3, -0.25) is 0 Å². The van der Waals surface area contributed by atoms with Crippen LogP contribution in [0.2, 0.25) is 6.82 Å². The van der Waals surface area contributed by atoms with Crippen LogP contribution >= 0.6 is 0 Å². The Bertz CT molecular complexity index is 371. The monoisotopic (exact) mass is 154 g/mol. The van der Waals surface area contributed by atoms with Gasteiger partial charge >= 0.3 is 0 Å². The van der Waals surface area contributed by atoms with Crippen molar-refractivity contribution in [3.05, 3.63) is 29.3 Å². The summed E-state index contributed by atoms with van der Waals surface area (Å²) in [5, 5.41) is 17.3. The quantitative estimate of drug-likeness (QED) is 0.554. The summed E-state index contributed by atoms with van der Waals surface area (Å²) in [6.45, 7) is 2.02. The number of hydrogen-bond donors (Lipinski definition) is 0. The summed E-state index contributed by atoms with van der Waals surface area (Å²) >= 11 is 0. The third kappa shape index (κ3) is 1.46. The molecule has 1 aromatic rings. The Labute approximate surface area is 72.3 Å². The molecule has 0 spiro atoms. The standard InChI is InChI=1S/C9H7BN2/c1-10-9-3-2-7(5-11)8(4-9)6-12/h2-4,10H,1H3. The van der Waals surface area contributed by atoms with Crippen LogP contribution in [0.15, 0.2) is 18.2 Å². The highest BCUT2D eigenvalue weighted by Gasteiger charge is 2.00. The van der Waals surface area contributed by atoms with Crippen molar-refractivity contribution in [2.75, 3.05) is 0 Å². The summed E-state index contributed by atoms with van der Waals surface area (Å²) < 4.78 is 0. The maximum absolute atomic E-state index is 8.67. The molecule has 0 bridgehead atoms. The van der Waals surface area contributed by atoms with Gasteiger partial charge in [-0.15, -0.1) is 0 Å². The van der Waals surface area contributed by atoms with Crippen LogP contribution in [0.1, 0.15) is 11.1 Å². The highest BCUT2D eigenvalue weighted by Crippen LogP contribution is 2.02. The zero-order valence-electron chi connectivity index (χ0n) is 6.83. The fourth-order valence-electron chi connectivity index (χ4n) is 1.00. The van der Waals surface area contributed by atoms with Crippen molar-refractivity contribution in [3.8, 4) is 12.1 Å². The van der Waals surface area contributed by atoms with Gasteiger partial charge in [0.1, 0.15) is 12.1 Å². The highest BCUT2D eigenvalue weighted by molar-refractivity contribution is 6.51. The fourth-order valence-corrected chi connectivity index (χ4v) is 1.00. The van der Waals surface area contributed by atoms with Gasteiger partial charge in [-0.05, 0) is 12.1 Å². The lowest BCUT2D eigenvalue weighted by Crippen LogP contribution is -2.10. The predicted molar refractivity (Wildman–Crippen MR) is 48.5 cm³/mol. The highest BCUT2D eigenvalue weighted by atomic mass is 14.3. The molecule has 0 fully saturated rings. The second-order valence-corrected chi connectivity index (χ2v) is 2.46. The molecule has 0 atom stereocenters. The molecule has 0 amide bonds. The van der Waals surface area contributed by atoms with E-state index in [0.29, 0.717) is 11.1 Å². The Morgan fingerprint density at radius 3 is 2.33 bits per heavy atom. The van der Waals surface area contributed by atoms with E-state index in [1.165, 1.54) is 0 Å². The second kappa shape index (κ2) is 3.60. The van der Waals surface area contributed by atoms with Crippen molar-refractivity contribution in [1.82, 2.24) is 0 Å². The van der Waals surface area contributed by atoms with Gasteiger partial charge in [0.15, 0.2) is 7.28 Å². The Hall–Kier alpha value is -1.74. The van der Waals surface area contributed by atoms with E-state index < -0.39 is 0 Å². The molecule has 1 rings (SSSR count). The van der Waals surface area contributed by atoms with Crippen LogP contribution in [-0.4, -0.2) is 7.28 Å². The topological polar surface area (TPSA) is 47.6 Å². The van der Waals surface area contributed by atoms with Gasteiger partial charge in [0.25, 0.3) is 0 Å². The summed E-state index contributed by atoms with van der Waals surface area (Å²) in [7, 11) is 0.889. The van der Waals surface area contributed by atoms with Gasteiger partial charge < -0.3 is 0 Å². The zero-order valence-corrected chi connectivity index (χ0v) is 6.83. The minimum atomic E-state index is 0.453. The lowest BCUT2D eigenvalue weighted by atomic mass is 9.72. The maximum Gasteiger partial charge on any atom is 0.154 e. The first kappa shape index (κ1) is 8.36. The number of benzene rings is 1. The average Bonchev–Trinajstić information content (AvgIpc) is 2.16. The Kier molecular flexibility index (Phi) is 2.51. The third-order valence-corrected chi connectivity index (χ3v) is 1.73. The molecule has 0 aliphatic heterocycles. The molecule has 0 saturated carbocycles.